The number of fused-ring (bicyclic) bond motifs is 2. The van der Waals surface area contributed by atoms with E-state index in [0.717, 1.165) is 106 Å². The van der Waals surface area contributed by atoms with Crippen molar-refractivity contribution in [3.8, 4) is 28.7 Å². The number of halogens is 3. The number of ether oxygens (including phenoxy) is 2. The number of methoxy groups -OCH3 is 1. The smallest absolute Gasteiger partial charge is 0.406 e. The van der Waals surface area contributed by atoms with E-state index in [2.05, 4.69) is 54.6 Å². The number of anilines is 2. The maximum absolute atomic E-state index is 13.4. The van der Waals surface area contributed by atoms with Crippen LogP contribution in [0.25, 0.3) is 33.1 Å². The normalized spacial score (nSPS) is 11.6. The van der Waals surface area contributed by atoms with Gasteiger partial charge in [0.25, 0.3) is 5.91 Å². The topological polar surface area (TPSA) is 138 Å². The van der Waals surface area contributed by atoms with Crippen LogP contribution in [0.2, 0.25) is 0 Å². The van der Waals surface area contributed by atoms with E-state index >= 15 is 0 Å². The highest BCUT2D eigenvalue weighted by Gasteiger charge is 2.30. The Morgan fingerprint density at radius 2 is 1.75 bits per heavy atom. The molecular formula is C51H57F3N8O4S. The number of nitrogens with zero attached hydrogens (tertiary/aromatic N) is 5. The number of nitrogens with one attached hydrogen (secondary N) is 2. The highest BCUT2D eigenvalue weighted by atomic mass is 32.2. The molecule has 1 amide bonds. The number of carbonyl (C=O) groups excluding carboxylic acids is 1. The van der Waals surface area contributed by atoms with Gasteiger partial charge in [-0.25, -0.2) is 9.29 Å². The molecule has 0 fully saturated rings. The second kappa shape index (κ2) is 22.9. The van der Waals surface area contributed by atoms with Crippen LogP contribution in [0, 0.1) is 25.7 Å². The average molecular weight is 935 g/mol. The van der Waals surface area contributed by atoms with Gasteiger partial charge in [-0.15, -0.1) is 0 Å². The zero-order valence-electron chi connectivity index (χ0n) is 38.3. The summed E-state index contributed by atoms with van der Waals surface area (Å²) >= 11 is 1.63. The lowest BCUT2D eigenvalue weighted by molar-refractivity contribution is -0.140. The Morgan fingerprint density at radius 3 is 2.52 bits per heavy atom. The molecule has 0 unspecified atom stereocenters. The Balaban J connectivity index is 0.742. The van der Waals surface area contributed by atoms with Crippen molar-refractivity contribution in [2.45, 2.75) is 76.5 Å². The molecule has 0 radical (unpaired) electrons. The van der Waals surface area contributed by atoms with E-state index in [1.807, 2.05) is 74.8 Å². The number of nitrogens with two attached hydrogens (primary N) is 1. The summed E-state index contributed by atoms with van der Waals surface area (Å²) in [6.07, 6.45) is 3.31. The molecule has 7 rings (SSSR count). The lowest BCUT2D eigenvalue weighted by Gasteiger charge is -2.17. The number of aromatic nitrogens is 4. The third-order valence-electron chi connectivity index (χ3n) is 11.3. The third kappa shape index (κ3) is 13.2. The van der Waals surface area contributed by atoms with Crippen molar-refractivity contribution in [1.82, 2.24) is 28.9 Å². The van der Waals surface area contributed by atoms with Gasteiger partial charge in [-0.05, 0) is 149 Å². The Morgan fingerprint density at radius 1 is 0.940 bits per heavy atom. The maximum Gasteiger partial charge on any atom is 0.406 e. The number of alkyl halides is 3. The number of imidazole rings is 1. The molecule has 0 atom stereocenters. The molecule has 0 saturated carbocycles. The Hall–Kier alpha value is -6.41. The summed E-state index contributed by atoms with van der Waals surface area (Å²) in [5.41, 5.74) is 14.2. The number of carbonyl (C=O) groups is 1. The van der Waals surface area contributed by atoms with Crippen LogP contribution in [0.5, 0.6) is 5.75 Å². The van der Waals surface area contributed by atoms with Crippen LogP contribution in [-0.2, 0) is 17.8 Å². The molecule has 4 N–H and O–H groups in total. The molecule has 12 nitrogen and oxygen atoms in total. The largest absolute Gasteiger partial charge is 0.495 e. The van der Waals surface area contributed by atoms with Crippen LogP contribution in [-0.4, -0.2) is 82.7 Å². The molecule has 3 aromatic heterocycles. The zero-order chi connectivity index (χ0) is 47.3. The minimum atomic E-state index is -4.40. The number of nitrogen functional groups attached to an aromatic ring is 1. The SMILES string of the molecule is COc1cc(SN(C)CCCCCOCCCCCNC(=O)c2cccc(Cn3cnc4ccc(-c5c(C)noc5C)cc43)c2)ccc1NCC#Cc1cc2c(N)cccc2n1CC(F)(F)F. The van der Waals surface area contributed by atoms with Crippen molar-refractivity contribution in [2.75, 3.05) is 58.1 Å². The number of aryl methyl sites for hydroxylation is 2. The molecule has 16 heteroatoms. The van der Waals surface area contributed by atoms with Crippen molar-refractivity contribution < 1.29 is 32.0 Å². The first-order chi connectivity index (χ1) is 32.4. The fourth-order valence-corrected chi connectivity index (χ4v) is 8.87. The van der Waals surface area contributed by atoms with E-state index in [-0.39, 0.29) is 18.1 Å². The van der Waals surface area contributed by atoms with E-state index in [1.165, 1.54) is 0 Å². The van der Waals surface area contributed by atoms with Gasteiger partial charge in [0.15, 0.2) is 0 Å². The van der Waals surface area contributed by atoms with Crippen LogP contribution in [0.4, 0.5) is 24.5 Å². The van der Waals surface area contributed by atoms with E-state index in [9.17, 15) is 18.0 Å². The molecular weight excluding hydrogens is 878 g/mol. The molecule has 0 saturated heterocycles. The minimum Gasteiger partial charge on any atom is -0.495 e. The third-order valence-corrected chi connectivity index (χ3v) is 12.3. The van der Waals surface area contributed by atoms with E-state index in [1.54, 1.807) is 43.3 Å². The van der Waals surface area contributed by atoms with Gasteiger partial charge in [0.05, 0.1) is 53.6 Å². The quantitative estimate of drug-likeness (QED) is 0.0261. The predicted octanol–water partition coefficient (Wildman–Crippen LogP) is 10.7. The molecule has 7 aromatic rings. The molecule has 352 valence electrons. The van der Waals surface area contributed by atoms with Gasteiger partial charge in [-0.1, -0.05) is 35.3 Å². The second-order valence-corrected chi connectivity index (χ2v) is 17.7. The molecule has 0 aliphatic rings. The predicted molar refractivity (Wildman–Crippen MR) is 260 cm³/mol. The summed E-state index contributed by atoms with van der Waals surface area (Å²) in [6, 6.07) is 26.3. The van der Waals surface area contributed by atoms with Crippen molar-refractivity contribution in [3.63, 3.8) is 0 Å². The monoisotopic (exact) mass is 934 g/mol. The first kappa shape index (κ1) is 48.5. The van der Waals surface area contributed by atoms with Gasteiger partial charge in [0.1, 0.15) is 18.1 Å². The first-order valence-electron chi connectivity index (χ1n) is 22.4. The maximum atomic E-state index is 13.4. The van der Waals surface area contributed by atoms with E-state index in [0.29, 0.717) is 47.6 Å². The summed E-state index contributed by atoms with van der Waals surface area (Å²) in [6.45, 7) is 6.44. The second-order valence-electron chi connectivity index (χ2n) is 16.4. The van der Waals surface area contributed by atoms with Gasteiger partial charge in [-0.3, -0.25) is 4.79 Å². The van der Waals surface area contributed by atoms with Crippen LogP contribution >= 0.6 is 11.9 Å². The van der Waals surface area contributed by atoms with Crippen LogP contribution in [0.3, 0.4) is 0 Å². The average Bonchev–Trinajstić information content (AvgIpc) is 3.98. The summed E-state index contributed by atoms with van der Waals surface area (Å²) in [5.74, 6) is 7.18. The highest BCUT2D eigenvalue weighted by molar-refractivity contribution is 7.97. The first-order valence-corrected chi connectivity index (χ1v) is 23.2. The molecule has 0 spiro atoms. The van der Waals surface area contributed by atoms with Crippen molar-refractivity contribution in [3.05, 3.63) is 120 Å². The summed E-state index contributed by atoms with van der Waals surface area (Å²) in [4.78, 5) is 18.6. The summed E-state index contributed by atoms with van der Waals surface area (Å²) in [5, 5.41) is 10.9. The molecule has 0 aliphatic heterocycles. The highest BCUT2D eigenvalue weighted by Crippen LogP contribution is 2.33. The minimum absolute atomic E-state index is 0.0775. The number of unbranched alkanes of at least 4 members (excludes halogenated alkanes) is 4. The Labute approximate surface area is 393 Å². The number of hydrogen-bond acceptors (Lipinski definition) is 10. The van der Waals surface area contributed by atoms with E-state index in [4.69, 9.17) is 19.7 Å². The number of amides is 1. The number of hydrogen-bond donors (Lipinski definition) is 3. The van der Waals surface area contributed by atoms with Gasteiger partial charge >= 0.3 is 6.18 Å². The van der Waals surface area contributed by atoms with Crippen LogP contribution in [0.15, 0.2) is 101 Å². The van der Waals surface area contributed by atoms with Gasteiger partial charge in [0, 0.05) is 59.9 Å². The molecule has 4 aromatic carbocycles. The fourth-order valence-electron chi connectivity index (χ4n) is 8.00. The van der Waals surface area contributed by atoms with Crippen molar-refractivity contribution in [1.29, 1.82) is 0 Å². The van der Waals surface area contributed by atoms with Gasteiger partial charge in [-0.2, -0.15) is 13.2 Å². The van der Waals surface area contributed by atoms with Crippen LogP contribution in [0.1, 0.15) is 71.6 Å². The standard InChI is InChI=1S/C51H57F3N8O4S/c1-35-49(36(2)66-59-35)38-19-21-44-47(29-38)61(34-58-44)32-37-14-11-15-39(28-37)50(63)57-23-7-5-9-26-65-27-10-6-8-25-60(3)67-41-20-22-45(48(31-41)64-4)56-24-13-16-40-30-42-43(55)17-12-18-46(42)62(40)33-51(52,53)54/h11-12,14-15,17-22,28-31,34,56H,5-10,23-27,32-33,55H2,1-4H3,(H,57,63). The number of rotatable bonds is 22. The lowest BCUT2D eigenvalue weighted by Crippen LogP contribution is -2.24. The summed E-state index contributed by atoms with van der Waals surface area (Å²) in [7, 11) is 3.66. The molecule has 0 aliphatic carbocycles. The Bertz CT molecular complexity index is 2820. The lowest BCUT2D eigenvalue weighted by atomic mass is 10.0. The number of benzene rings is 4. The van der Waals surface area contributed by atoms with Crippen molar-refractivity contribution in [2.24, 2.45) is 0 Å². The van der Waals surface area contributed by atoms with Crippen LogP contribution < -0.4 is 21.1 Å². The zero-order valence-corrected chi connectivity index (χ0v) is 39.2. The Kier molecular flexibility index (Phi) is 16.6. The summed E-state index contributed by atoms with van der Waals surface area (Å²) < 4.78 is 62.5. The molecule has 0 bridgehead atoms. The molecule has 3 heterocycles. The van der Waals surface area contributed by atoms with Crippen molar-refractivity contribution >= 4 is 51.2 Å². The van der Waals surface area contributed by atoms with E-state index < -0.39 is 12.7 Å². The van der Waals surface area contributed by atoms with Gasteiger partial charge in [0.2, 0.25) is 0 Å². The fraction of sp³-hybridized carbons (Fsp3) is 0.353. The van der Waals surface area contributed by atoms with Gasteiger partial charge < -0.3 is 39.5 Å². The molecule has 67 heavy (non-hydrogen) atoms.